The van der Waals surface area contributed by atoms with Crippen molar-refractivity contribution in [2.45, 2.75) is 12.8 Å². The van der Waals surface area contributed by atoms with Crippen LogP contribution in [0.1, 0.15) is 17.6 Å². The normalized spacial score (nSPS) is 14.5. The third-order valence-electron chi connectivity index (χ3n) is 5.53. The Kier molecular flexibility index (Phi) is 3.73. The zero-order chi connectivity index (χ0) is 20.3. The number of benzene rings is 1. The highest BCUT2D eigenvalue weighted by atomic mass is 16.3. The van der Waals surface area contributed by atoms with Crippen LogP contribution < -0.4 is 10.6 Å². The second-order valence-electron chi connectivity index (χ2n) is 7.45. The summed E-state index contributed by atoms with van der Waals surface area (Å²) in [5.74, 6) is 3.04. The maximum atomic E-state index is 12.3. The van der Waals surface area contributed by atoms with Gasteiger partial charge in [0.05, 0.1) is 23.1 Å². The fourth-order valence-electron chi connectivity index (χ4n) is 3.86. The van der Waals surface area contributed by atoms with E-state index in [-0.39, 0.29) is 11.6 Å². The molecule has 1 aromatic carbocycles. The largest absolute Gasteiger partial charge is 0.493 e. The number of para-hydroxylation sites is 2. The summed E-state index contributed by atoms with van der Waals surface area (Å²) in [4.78, 5) is 28.2. The first-order valence-corrected chi connectivity index (χ1v) is 9.42. The molecular formula is C20H21N7O2. The molecular weight excluding hydrogens is 370 g/mol. The Morgan fingerprint density at radius 1 is 1.03 bits per heavy atom. The number of rotatable bonds is 3. The van der Waals surface area contributed by atoms with Gasteiger partial charge in [0.25, 0.3) is 0 Å². The number of imidazole rings is 2. The van der Waals surface area contributed by atoms with E-state index in [1.165, 1.54) is 22.4 Å². The third kappa shape index (κ3) is 2.69. The van der Waals surface area contributed by atoms with Gasteiger partial charge in [0.1, 0.15) is 23.3 Å². The van der Waals surface area contributed by atoms with Crippen LogP contribution >= 0.6 is 0 Å². The molecule has 1 saturated heterocycles. The van der Waals surface area contributed by atoms with Crippen molar-refractivity contribution >= 4 is 16.9 Å². The van der Waals surface area contributed by atoms with E-state index in [0.717, 1.165) is 35.8 Å². The first-order chi connectivity index (χ1) is 13.9. The zero-order valence-corrected chi connectivity index (χ0v) is 16.4. The van der Waals surface area contributed by atoms with E-state index < -0.39 is 0 Å². The standard InChI is InChI=1S/C20H21N7O2/c1-12-21-16(8-17(22-12)27-11-18(28)25(3)20(27)29)26-9-13(10-26)19-23-14-6-4-5-7-15(14)24(19)2/h4-8,11,13,28H,9-10H2,1-3H3. The monoisotopic (exact) mass is 391 g/mol. The van der Waals surface area contributed by atoms with Gasteiger partial charge in [-0.1, -0.05) is 12.1 Å². The zero-order valence-electron chi connectivity index (χ0n) is 16.4. The van der Waals surface area contributed by atoms with Gasteiger partial charge in [-0.3, -0.25) is 4.57 Å². The van der Waals surface area contributed by atoms with Gasteiger partial charge >= 0.3 is 5.69 Å². The molecule has 29 heavy (non-hydrogen) atoms. The number of aromatic hydroxyl groups is 1. The van der Waals surface area contributed by atoms with E-state index >= 15 is 0 Å². The molecule has 0 spiro atoms. The fourth-order valence-corrected chi connectivity index (χ4v) is 3.86. The van der Waals surface area contributed by atoms with E-state index in [1.807, 2.05) is 18.2 Å². The average Bonchev–Trinajstić information content (AvgIpc) is 3.12. The topological polar surface area (TPSA) is 94.0 Å². The summed E-state index contributed by atoms with van der Waals surface area (Å²) in [6.07, 6.45) is 1.37. The molecule has 4 heterocycles. The second-order valence-corrected chi connectivity index (χ2v) is 7.45. The second kappa shape index (κ2) is 6.20. The van der Waals surface area contributed by atoms with Crippen LogP contribution in [-0.4, -0.2) is 46.8 Å². The third-order valence-corrected chi connectivity index (χ3v) is 5.53. The minimum Gasteiger partial charge on any atom is -0.493 e. The van der Waals surface area contributed by atoms with Crippen molar-refractivity contribution < 1.29 is 5.11 Å². The molecule has 0 amide bonds. The average molecular weight is 391 g/mol. The number of aryl methyl sites for hydroxylation is 2. The van der Waals surface area contributed by atoms with Crippen molar-refractivity contribution in [3.05, 3.63) is 58.7 Å². The summed E-state index contributed by atoms with van der Waals surface area (Å²) < 4.78 is 4.65. The van der Waals surface area contributed by atoms with Crippen LogP contribution in [0.25, 0.3) is 16.9 Å². The maximum Gasteiger partial charge on any atom is 0.336 e. The number of hydrogen-bond donors (Lipinski definition) is 1. The highest BCUT2D eigenvalue weighted by Gasteiger charge is 2.33. The van der Waals surface area contributed by atoms with Crippen molar-refractivity contribution in [2.75, 3.05) is 18.0 Å². The molecule has 0 atom stereocenters. The molecule has 0 radical (unpaired) electrons. The first kappa shape index (κ1) is 17.5. The van der Waals surface area contributed by atoms with Gasteiger partial charge < -0.3 is 14.6 Å². The number of fused-ring (bicyclic) bond motifs is 1. The molecule has 9 nitrogen and oxygen atoms in total. The molecule has 0 unspecified atom stereocenters. The summed E-state index contributed by atoms with van der Waals surface area (Å²) in [6, 6.07) is 9.91. The number of anilines is 1. The molecule has 1 aliphatic rings. The Hall–Kier alpha value is -3.62. The Balaban J connectivity index is 1.43. The molecule has 1 N–H and O–H groups in total. The van der Waals surface area contributed by atoms with Crippen LogP contribution in [0, 0.1) is 6.92 Å². The Bertz CT molecular complexity index is 1290. The molecule has 4 aromatic rings. The van der Waals surface area contributed by atoms with Crippen LogP contribution in [0.4, 0.5) is 5.82 Å². The maximum absolute atomic E-state index is 12.3. The van der Waals surface area contributed by atoms with Gasteiger partial charge in [-0.15, -0.1) is 0 Å². The van der Waals surface area contributed by atoms with Gasteiger partial charge in [0, 0.05) is 33.3 Å². The van der Waals surface area contributed by atoms with Gasteiger partial charge in [0.15, 0.2) is 0 Å². The Morgan fingerprint density at radius 3 is 2.45 bits per heavy atom. The van der Waals surface area contributed by atoms with Gasteiger partial charge in [-0.25, -0.2) is 24.3 Å². The number of nitrogens with zero attached hydrogens (tertiary/aromatic N) is 7. The lowest BCUT2D eigenvalue weighted by atomic mass is 9.99. The highest BCUT2D eigenvalue weighted by molar-refractivity contribution is 5.76. The molecule has 0 bridgehead atoms. The van der Waals surface area contributed by atoms with E-state index in [0.29, 0.717) is 17.6 Å². The van der Waals surface area contributed by atoms with E-state index in [9.17, 15) is 9.90 Å². The molecule has 0 aliphatic carbocycles. The van der Waals surface area contributed by atoms with Crippen molar-refractivity contribution in [3.8, 4) is 11.7 Å². The summed E-state index contributed by atoms with van der Waals surface area (Å²) >= 11 is 0. The van der Waals surface area contributed by atoms with E-state index in [2.05, 4.69) is 32.5 Å². The molecule has 148 valence electrons. The van der Waals surface area contributed by atoms with Crippen molar-refractivity contribution in [1.29, 1.82) is 0 Å². The van der Waals surface area contributed by atoms with Crippen LogP contribution in [0.2, 0.25) is 0 Å². The smallest absolute Gasteiger partial charge is 0.336 e. The van der Waals surface area contributed by atoms with Crippen molar-refractivity contribution in [3.63, 3.8) is 0 Å². The minimum atomic E-state index is -0.354. The summed E-state index contributed by atoms with van der Waals surface area (Å²) in [7, 11) is 3.56. The Morgan fingerprint density at radius 2 is 1.76 bits per heavy atom. The predicted octanol–water partition coefficient (Wildman–Crippen LogP) is 1.47. The molecule has 0 saturated carbocycles. The predicted molar refractivity (Wildman–Crippen MR) is 109 cm³/mol. The minimum absolute atomic E-state index is 0.112. The molecule has 1 aliphatic heterocycles. The lowest BCUT2D eigenvalue weighted by molar-refractivity contribution is 0.429. The van der Waals surface area contributed by atoms with Crippen molar-refractivity contribution in [2.24, 2.45) is 14.1 Å². The molecule has 3 aromatic heterocycles. The molecule has 9 heteroatoms. The Labute approximate surface area is 166 Å². The fraction of sp³-hybridized carbons (Fsp3) is 0.300. The van der Waals surface area contributed by atoms with Gasteiger partial charge in [-0.2, -0.15) is 0 Å². The SMILES string of the molecule is Cc1nc(N2CC(c3nc4ccccc4n3C)C2)cc(-n2cc(O)n(C)c2=O)n1. The highest BCUT2D eigenvalue weighted by Crippen LogP contribution is 2.32. The number of hydrogen-bond acceptors (Lipinski definition) is 6. The van der Waals surface area contributed by atoms with Crippen LogP contribution in [0.15, 0.2) is 41.3 Å². The molecule has 1 fully saturated rings. The summed E-state index contributed by atoms with van der Waals surface area (Å²) in [5, 5.41) is 9.81. The van der Waals surface area contributed by atoms with Crippen LogP contribution in [-0.2, 0) is 14.1 Å². The van der Waals surface area contributed by atoms with E-state index in [1.54, 1.807) is 13.0 Å². The lowest BCUT2D eigenvalue weighted by Crippen LogP contribution is -2.46. The van der Waals surface area contributed by atoms with Crippen molar-refractivity contribution in [1.82, 2.24) is 28.7 Å². The lowest BCUT2D eigenvalue weighted by Gasteiger charge is -2.39. The number of aromatic nitrogens is 6. The van der Waals surface area contributed by atoms with Crippen LogP contribution in [0.3, 0.4) is 0 Å². The van der Waals surface area contributed by atoms with Gasteiger partial charge in [-0.05, 0) is 19.1 Å². The summed E-state index contributed by atoms with van der Waals surface area (Å²) in [5.41, 5.74) is 1.78. The van der Waals surface area contributed by atoms with E-state index in [4.69, 9.17) is 4.98 Å². The summed E-state index contributed by atoms with van der Waals surface area (Å²) in [6.45, 7) is 3.38. The quantitative estimate of drug-likeness (QED) is 0.568. The molecule has 5 rings (SSSR count). The van der Waals surface area contributed by atoms with Crippen LogP contribution in [0.5, 0.6) is 5.88 Å². The van der Waals surface area contributed by atoms with Gasteiger partial charge in [0.2, 0.25) is 5.88 Å². The first-order valence-electron chi connectivity index (χ1n) is 9.42.